The number of carbonyl (C=O) groups excluding carboxylic acids is 1. The van der Waals surface area contributed by atoms with Crippen molar-refractivity contribution in [1.29, 1.82) is 0 Å². The number of aliphatic imine (C=N–C) groups is 1. The predicted molar refractivity (Wildman–Crippen MR) is 64.2 cm³/mol. The highest BCUT2D eigenvalue weighted by Gasteiger charge is 2.27. The van der Waals surface area contributed by atoms with Crippen LogP contribution in [0.1, 0.15) is 6.42 Å². The lowest BCUT2D eigenvalue weighted by molar-refractivity contribution is -0.120. The minimum atomic E-state index is 0.0389. The molecule has 2 aliphatic heterocycles. The molecule has 88 valence electrons. The van der Waals surface area contributed by atoms with Crippen LogP contribution in [0.15, 0.2) is 16.1 Å². The van der Waals surface area contributed by atoms with Gasteiger partial charge < -0.3 is 15.0 Å². The van der Waals surface area contributed by atoms with E-state index < -0.39 is 0 Å². The number of carbonyl (C=O) groups is 1. The molecular formula is C10H15N3O2S. The van der Waals surface area contributed by atoms with Crippen LogP contribution in [-0.4, -0.2) is 49.3 Å². The quantitative estimate of drug-likeness (QED) is 0.708. The van der Waals surface area contributed by atoms with Gasteiger partial charge in [-0.15, -0.1) is 0 Å². The van der Waals surface area contributed by atoms with Crippen molar-refractivity contribution in [1.82, 2.24) is 10.2 Å². The number of fused-ring (bicyclic) bond motifs is 1. The molecule has 1 N–H and O–H groups in total. The molecule has 6 heteroatoms. The SMILES string of the molecule is COCCNC(=O)CC1=CSC2=NCCN12. The topological polar surface area (TPSA) is 53.9 Å². The number of amides is 1. The Morgan fingerprint density at radius 1 is 1.75 bits per heavy atom. The van der Waals surface area contributed by atoms with Crippen LogP contribution in [0.2, 0.25) is 0 Å². The van der Waals surface area contributed by atoms with Crippen LogP contribution in [0.4, 0.5) is 0 Å². The predicted octanol–water partition coefficient (Wildman–Crippen LogP) is 0.399. The number of hydrogen-bond acceptors (Lipinski definition) is 5. The van der Waals surface area contributed by atoms with Crippen LogP contribution in [0.3, 0.4) is 0 Å². The number of nitrogens with one attached hydrogen (secondary N) is 1. The van der Waals surface area contributed by atoms with E-state index in [1.165, 1.54) is 0 Å². The molecule has 1 amide bonds. The molecule has 0 saturated carbocycles. The fourth-order valence-electron chi connectivity index (χ4n) is 1.63. The van der Waals surface area contributed by atoms with Gasteiger partial charge in [0, 0.05) is 25.9 Å². The number of methoxy groups -OCH3 is 1. The van der Waals surface area contributed by atoms with E-state index in [4.69, 9.17) is 4.74 Å². The van der Waals surface area contributed by atoms with Crippen molar-refractivity contribution in [3.63, 3.8) is 0 Å². The highest BCUT2D eigenvalue weighted by Crippen LogP contribution is 2.30. The fraction of sp³-hybridized carbons (Fsp3) is 0.600. The van der Waals surface area contributed by atoms with Gasteiger partial charge in [0.1, 0.15) is 0 Å². The fourth-order valence-corrected chi connectivity index (χ4v) is 2.59. The zero-order valence-corrected chi connectivity index (χ0v) is 10.0. The van der Waals surface area contributed by atoms with Gasteiger partial charge in [0.2, 0.25) is 5.91 Å². The maximum Gasteiger partial charge on any atom is 0.226 e. The van der Waals surface area contributed by atoms with Crippen LogP contribution >= 0.6 is 11.8 Å². The first-order chi connectivity index (χ1) is 7.81. The van der Waals surface area contributed by atoms with Crippen LogP contribution in [0.25, 0.3) is 0 Å². The van der Waals surface area contributed by atoms with Crippen molar-refractivity contribution in [2.45, 2.75) is 6.42 Å². The van der Waals surface area contributed by atoms with Crippen LogP contribution < -0.4 is 5.32 Å². The summed E-state index contributed by atoms with van der Waals surface area (Å²) in [4.78, 5) is 18.0. The van der Waals surface area contributed by atoms with Crippen LogP contribution in [-0.2, 0) is 9.53 Å². The van der Waals surface area contributed by atoms with Crippen LogP contribution in [0.5, 0.6) is 0 Å². The number of rotatable bonds is 5. The Morgan fingerprint density at radius 2 is 2.62 bits per heavy atom. The Bertz CT molecular complexity index is 341. The summed E-state index contributed by atoms with van der Waals surface area (Å²) in [7, 11) is 1.62. The van der Waals surface area contributed by atoms with Gasteiger partial charge in [-0.3, -0.25) is 9.79 Å². The smallest absolute Gasteiger partial charge is 0.226 e. The summed E-state index contributed by atoms with van der Waals surface area (Å²) >= 11 is 1.60. The second kappa shape index (κ2) is 5.36. The van der Waals surface area contributed by atoms with E-state index in [-0.39, 0.29) is 5.91 Å². The van der Waals surface area contributed by atoms with Gasteiger partial charge in [0.15, 0.2) is 5.17 Å². The molecule has 0 aliphatic carbocycles. The van der Waals surface area contributed by atoms with E-state index in [1.54, 1.807) is 18.9 Å². The summed E-state index contributed by atoms with van der Waals surface area (Å²) in [5.41, 5.74) is 1.05. The number of hydrogen-bond donors (Lipinski definition) is 1. The molecule has 2 heterocycles. The second-order valence-electron chi connectivity index (χ2n) is 3.56. The summed E-state index contributed by atoms with van der Waals surface area (Å²) in [6.07, 6.45) is 0.426. The van der Waals surface area contributed by atoms with Crippen molar-refractivity contribution in [3.8, 4) is 0 Å². The Labute approximate surface area is 98.9 Å². The molecular weight excluding hydrogens is 226 g/mol. The zero-order chi connectivity index (χ0) is 11.4. The average molecular weight is 241 g/mol. The van der Waals surface area contributed by atoms with Crippen molar-refractivity contribution in [2.75, 3.05) is 33.4 Å². The minimum absolute atomic E-state index is 0.0389. The third-order valence-corrected chi connectivity index (χ3v) is 3.37. The first-order valence-corrected chi connectivity index (χ1v) is 6.12. The number of nitrogens with zero attached hydrogens (tertiary/aromatic N) is 2. The molecule has 0 atom stereocenters. The molecule has 16 heavy (non-hydrogen) atoms. The maximum atomic E-state index is 11.6. The summed E-state index contributed by atoms with van der Waals surface area (Å²) < 4.78 is 4.87. The molecule has 0 aromatic heterocycles. The zero-order valence-electron chi connectivity index (χ0n) is 9.23. The highest BCUT2D eigenvalue weighted by molar-refractivity contribution is 8.16. The highest BCUT2D eigenvalue weighted by atomic mass is 32.2. The van der Waals surface area contributed by atoms with Gasteiger partial charge in [-0.1, -0.05) is 11.8 Å². The molecule has 0 saturated heterocycles. The Hall–Kier alpha value is -1.01. The van der Waals surface area contributed by atoms with Gasteiger partial charge >= 0.3 is 0 Å². The van der Waals surface area contributed by atoms with Gasteiger partial charge in [-0.25, -0.2) is 0 Å². The van der Waals surface area contributed by atoms with Gasteiger partial charge in [0.05, 0.1) is 19.6 Å². The summed E-state index contributed by atoms with van der Waals surface area (Å²) in [5, 5.41) is 5.85. The molecule has 0 aromatic carbocycles. The van der Waals surface area contributed by atoms with Crippen molar-refractivity contribution >= 4 is 22.8 Å². The first kappa shape index (κ1) is 11.5. The summed E-state index contributed by atoms with van der Waals surface area (Å²) in [6, 6.07) is 0. The molecule has 0 fully saturated rings. The molecule has 5 nitrogen and oxygen atoms in total. The van der Waals surface area contributed by atoms with Crippen molar-refractivity contribution < 1.29 is 9.53 Å². The average Bonchev–Trinajstić information content (AvgIpc) is 2.83. The van der Waals surface area contributed by atoms with E-state index >= 15 is 0 Å². The third-order valence-electron chi connectivity index (χ3n) is 2.42. The standard InChI is InChI=1S/C10H15N3O2S/c1-15-5-3-11-9(14)6-8-7-16-10-12-2-4-13(8)10/h7H,2-6H2,1H3,(H,11,14). The lowest BCUT2D eigenvalue weighted by atomic mass is 10.3. The largest absolute Gasteiger partial charge is 0.383 e. The Kier molecular flexibility index (Phi) is 3.84. The second-order valence-corrected chi connectivity index (χ2v) is 4.40. The summed E-state index contributed by atoms with van der Waals surface area (Å²) in [6.45, 7) is 2.86. The molecule has 0 unspecified atom stereocenters. The van der Waals surface area contributed by atoms with E-state index in [2.05, 4.69) is 15.2 Å². The Morgan fingerprint density at radius 3 is 3.44 bits per heavy atom. The van der Waals surface area contributed by atoms with E-state index in [0.717, 1.165) is 24.0 Å². The molecule has 0 radical (unpaired) electrons. The molecule has 0 bridgehead atoms. The van der Waals surface area contributed by atoms with Crippen molar-refractivity contribution in [2.24, 2.45) is 4.99 Å². The van der Waals surface area contributed by atoms with Crippen molar-refractivity contribution in [3.05, 3.63) is 11.1 Å². The van der Waals surface area contributed by atoms with E-state index in [9.17, 15) is 4.79 Å². The van der Waals surface area contributed by atoms with Crippen LogP contribution in [0, 0.1) is 0 Å². The molecule has 0 spiro atoms. The number of thioether (sulfide) groups is 1. The number of ether oxygens (including phenoxy) is 1. The van der Waals surface area contributed by atoms with Gasteiger partial charge in [-0.05, 0) is 5.41 Å². The van der Waals surface area contributed by atoms with E-state index in [0.29, 0.717) is 19.6 Å². The van der Waals surface area contributed by atoms with Gasteiger partial charge in [-0.2, -0.15) is 0 Å². The van der Waals surface area contributed by atoms with E-state index in [1.807, 2.05) is 5.41 Å². The minimum Gasteiger partial charge on any atom is -0.383 e. The Balaban J connectivity index is 1.77. The normalized spacial score (nSPS) is 18.2. The molecule has 2 aliphatic rings. The summed E-state index contributed by atoms with van der Waals surface area (Å²) in [5.74, 6) is 0.0389. The molecule has 0 aromatic rings. The van der Waals surface area contributed by atoms with Gasteiger partial charge in [0.25, 0.3) is 0 Å². The lowest BCUT2D eigenvalue weighted by Gasteiger charge is -2.15. The lowest BCUT2D eigenvalue weighted by Crippen LogP contribution is -2.30. The monoisotopic (exact) mass is 241 g/mol. The molecule has 2 rings (SSSR count). The maximum absolute atomic E-state index is 11.6. The first-order valence-electron chi connectivity index (χ1n) is 5.24. The number of amidine groups is 1. The third kappa shape index (κ3) is 2.56.